The van der Waals surface area contributed by atoms with Gasteiger partial charge in [0.05, 0.1) is 0 Å². The van der Waals surface area contributed by atoms with Crippen LogP contribution in [0.3, 0.4) is 0 Å². The topological polar surface area (TPSA) is 17.1 Å². The molecule has 35 heavy (non-hydrogen) atoms. The molecule has 6 rings (SSSR count). The number of carbonyl (C=O) groups is 1. The normalized spacial score (nSPS) is 23.4. The number of Topliss-reactive ketones (excluding diaryl/α,β-unsaturated/α-hetero) is 1. The van der Waals surface area contributed by atoms with E-state index < -0.39 is 11.6 Å². The van der Waals surface area contributed by atoms with Crippen molar-refractivity contribution < 1.29 is 18.0 Å². The minimum absolute atomic E-state index is 0.101. The molecule has 4 aliphatic carbocycles. The van der Waals surface area contributed by atoms with Gasteiger partial charge in [-0.05, 0) is 90.7 Å². The maximum Gasteiger partial charge on any atom is 0.167 e. The van der Waals surface area contributed by atoms with Crippen LogP contribution in [0, 0.1) is 17.5 Å². The van der Waals surface area contributed by atoms with Gasteiger partial charge in [0.25, 0.3) is 0 Å². The van der Waals surface area contributed by atoms with Crippen molar-refractivity contribution in [2.45, 2.75) is 114 Å². The van der Waals surface area contributed by atoms with Gasteiger partial charge in [-0.25, -0.2) is 13.2 Å². The van der Waals surface area contributed by atoms with Gasteiger partial charge in [-0.2, -0.15) is 0 Å². The predicted octanol–water partition coefficient (Wildman–Crippen LogP) is 9.00. The second kappa shape index (κ2) is 9.41. The number of benzene rings is 2. The molecule has 3 saturated carbocycles. The third kappa shape index (κ3) is 3.86. The van der Waals surface area contributed by atoms with E-state index in [1.54, 1.807) is 6.07 Å². The summed E-state index contributed by atoms with van der Waals surface area (Å²) in [4.78, 5) is 13.4. The van der Waals surface area contributed by atoms with E-state index in [0.717, 1.165) is 98.9 Å². The van der Waals surface area contributed by atoms with Gasteiger partial charge in [0.1, 0.15) is 11.6 Å². The molecule has 0 N–H and O–H groups in total. The standard InChI is InChI=1S/C31H35F3O/c32-23-16-15-20-17-22-28(21-13-7-8-14-24(21)35)25(18-9-3-1-4-10-18)26(19-11-5-2-6-12-19)31(34)29(22)27(20)30(23)33/h15-16,18-19,21H,1-14,17H2. The van der Waals surface area contributed by atoms with Crippen molar-refractivity contribution in [3.63, 3.8) is 0 Å². The Kier molecular flexibility index (Phi) is 6.26. The van der Waals surface area contributed by atoms with Crippen LogP contribution >= 0.6 is 0 Å². The van der Waals surface area contributed by atoms with E-state index in [9.17, 15) is 9.18 Å². The zero-order valence-corrected chi connectivity index (χ0v) is 20.5. The average molecular weight is 481 g/mol. The van der Waals surface area contributed by atoms with Gasteiger partial charge in [-0.15, -0.1) is 0 Å². The lowest BCUT2D eigenvalue weighted by molar-refractivity contribution is -0.121. The molecule has 2 aromatic rings. The van der Waals surface area contributed by atoms with Crippen molar-refractivity contribution in [1.29, 1.82) is 0 Å². The highest BCUT2D eigenvalue weighted by Crippen LogP contribution is 2.54. The monoisotopic (exact) mass is 480 g/mol. The maximum absolute atomic E-state index is 16.8. The number of halogens is 3. The molecule has 0 aliphatic heterocycles. The molecule has 4 aliphatic rings. The van der Waals surface area contributed by atoms with E-state index in [2.05, 4.69) is 0 Å². The van der Waals surface area contributed by atoms with Crippen molar-refractivity contribution >= 4 is 5.78 Å². The highest BCUT2D eigenvalue weighted by Gasteiger charge is 2.41. The molecule has 1 unspecified atom stereocenters. The first-order valence-electron chi connectivity index (χ1n) is 13.9. The van der Waals surface area contributed by atoms with Gasteiger partial charge in [0, 0.05) is 23.5 Å². The lowest BCUT2D eigenvalue weighted by atomic mass is 9.68. The Balaban J connectivity index is 1.67. The second-order valence-corrected chi connectivity index (χ2v) is 11.4. The van der Waals surface area contributed by atoms with E-state index in [1.165, 1.54) is 12.8 Å². The summed E-state index contributed by atoms with van der Waals surface area (Å²) in [5, 5.41) is 0. The van der Waals surface area contributed by atoms with Gasteiger partial charge < -0.3 is 0 Å². The Morgan fingerprint density at radius 2 is 1.26 bits per heavy atom. The minimum Gasteiger partial charge on any atom is -0.299 e. The van der Waals surface area contributed by atoms with Crippen LogP contribution in [0.4, 0.5) is 13.2 Å². The molecular formula is C31H35F3O. The summed E-state index contributed by atoms with van der Waals surface area (Å²) in [5.74, 6) is -1.82. The van der Waals surface area contributed by atoms with Crippen LogP contribution in [0.25, 0.3) is 11.1 Å². The van der Waals surface area contributed by atoms with E-state index in [1.807, 2.05) is 0 Å². The molecule has 186 valence electrons. The van der Waals surface area contributed by atoms with Gasteiger partial charge in [-0.1, -0.05) is 51.0 Å². The lowest BCUT2D eigenvalue weighted by Crippen LogP contribution is -2.25. The molecule has 2 aromatic carbocycles. The van der Waals surface area contributed by atoms with Crippen molar-refractivity contribution in [2.75, 3.05) is 0 Å². The fourth-order valence-corrected chi connectivity index (χ4v) is 7.78. The third-order valence-corrected chi connectivity index (χ3v) is 9.39. The van der Waals surface area contributed by atoms with Crippen LogP contribution in [0.2, 0.25) is 0 Å². The fraction of sp³-hybridized carbons (Fsp3) is 0.581. The molecule has 3 fully saturated rings. The molecule has 0 spiro atoms. The average Bonchev–Trinajstić information content (AvgIpc) is 3.28. The molecule has 0 radical (unpaired) electrons. The molecule has 0 bridgehead atoms. The Morgan fingerprint density at radius 3 is 1.91 bits per heavy atom. The Bertz CT molecular complexity index is 1150. The van der Waals surface area contributed by atoms with Crippen molar-refractivity contribution in [3.05, 3.63) is 57.4 Å². The third-order valence-electron chi connectivity index (χ3n) is 9.39. The summed E-state index contributed by atoms with van der Waals surface area (Å²) in [6.07, 6.45) is 14.3. The summed E-state index contributed by atoms with van der Waals surface area (Å²) >= 11 is 0. The zero-order valence-electron chi connectivity index (χ0n) is 20.5. The number of carbonyl (C=O) groups excluding carboxylic acids is 1. The summed E-state index contributed by atoms with van der Waals surface area (Å²) < 4.78 is 46.5. The summed E-state index contributed by atoms with van der Waals surface area (Å²) in [7, 11) is 0. The molecule has 0 amide bonds. The van der Waals surface area contributed by atoms with Crippen LogP contribution in [-0.4, -0.2) is 5.78 Å². The van der Waals surface area contributed by atoms with Gasteiger partial charge >= 0.3 is 0 Å². The molecule has 1 nitrogen and oxygen atoms in total. The number of rotatable bonds is 3. The molecule has 0 heterocycles. The molecule has 0 aromatic heterocycles. The molecule has 4 heteroatoms. The fourth-order valence-electron chi connectivity index (χ4n) is 7.78. The van der Waals surface area contributed by atoms with Gasteiger partial charge in [0.15, 0.2) is 11.6 Å². The van der Waals surface area contributed by atoms with E-state index in [4.69, 9.17) is 0 Å². The highest BCUT2D eigenvalue weighted by atomic mass is 19.2. The van der Waals surface area contributed by atoms with E-state index >= 15 is 8.78 Å². The van der Waals surface area contributed by atoms with Crippen LogP contribution in [-0.2, 0) is 11.2 Å². The number of hydrogen-bond acceptors (Lipinski definition) is 1. The first-order valence-corrected chi connectivity index (χ1v) is 13.9. The lowest BCUT2D eigenvalue weighted by Gasteiger charge is -2.36. The summed E-state index contributed by atoms with van der Waals surface area (Å²) in [5.41, 5.74) is 4.71. The van der Waals surface area contributed by atoms with Crippen molar-refractivity contribution in [1.82, 2.24) is 0 Å². The smallest absolute Gasteiger partial charge is 0.167 e. The zero-order chi connectivity index (χ0) is 24.1. The van der Waals surface area contributed by atoms with Crippen LogP contribution in [0.15, 0.2) is 12.1 Å². The van der Waals surface area contributed by atoms with Crippen molar-refractivity contribution in [3.8, 4) is 11.1 Å². The highest BCUT2D eigenvalue weighted by molar-refractivity contribution is 5.90. The van der Waals surface area contributed by atoms with Crippen molar-refractivity contribution in [2.24, 2.45) is 0 Å². The number of hydrogen-bond donors (Lipinski definition) is 0. The second-order valence-electron chi connectivity index (χ2n) is 11.4. The molecular weight excluding hydrogens is 445 g/mol. The van der Waals surface area contributed by atoms with Gasteiger partial charge in [-0.3, -0.25) is 4.79 Å². The Morgan fingerprint density at radius 1 is 0.629 bits per heavy atom. The molecule has 0 saturated heterocycles. The largest absolute Gasteiger partial charge is 0.299 e. The minimum atomic E-state index is -0.943. The number of ketones is 1. The van der Waals surface area contributed by atoms with Crippen LogP contribution in [0.5, 0.6) is 0 Å². The maximum atomic E-state index is 16.8. The quantitative estimate of drug-likeness (QED) is 0.365. The summed E-state index contributed by atoms with van der Waals surface area (Å²) in [6.45, 7) is 0. The number of fused-ring (bicyclic) bond motifs is 3. The van der Waals surface area contributed by atoms with Crippen LogP contribution < -0.4 is 0 Å². The van der Waals surface area contributed by atoms with Gasteiger partial charge in [0.2, 0.25) is 0 Å². The van der Waals surface area contributed by atoms with E-state index in [0.29, 0.717) is 18.4 Å². The first-order chi connectivity index (χ1) is 17.1. The van der Waals surface area contributed by atoms with E-state index in [-0.39, 0.29) is 40.5 Å². The first kappa shape index (κ1) is 23.3. The predicted molar refractivity (Wildman–Crippen MR) is 132 cm³/mol. The molecule has 1 atom stereocenters. The van der Waals surface area contributed by atoms with Crippen LogP contribution in [0.1, 0.15) is 135 Å². The Hall–Kier alpha value is -2.10. The SMILES string of the molecule is O=C1CCCCC1c1c2c(c(F)c(C3CCCCC3)c1C1CCCCC1)-c1c(ccc(F)c1F)C2. The Labute approximate surface area is 206 Å². The summed E-state index contributed by atoms with van der Waals surface area (Å²) in [6, 6.07) is 2.77.